The van der Waals surface area contributed by atoms with E-state index in [9.17, 15) is 4.79 Å². The third-order valence-electron chi connectivity index (χ3n) is 4.32. The number of carbonyl (C=O) groups excluding carboxylic acids is 1. The number of pyridine rings is 1. The van der Waals surface area contributed by atoms with E-state index in [0.717, 1.165) is 41.6 Å². The van der Waals surface area contributed by atoms with Crippen molar-refractivity contribution in [2.24, 2.45) is 11.8 Å². The maximum atomic E-state index is 12.6. The molecular formula is C15H16N4OS. The summed E-state index contributed by atoms with van der Waals surface area (Å²) in [7, 11) is 0. The Balaban J connectivity index is 1.52. The molecule has 4 heterocycles. The van der Waals surface area contributed by atoms with Crippen LogP contribution in [-0.4, -0.2) is 47.0 Å². The van der Waals surface area contributed by atoms with Gasteiger partial charge >= 0.3 is 0 Å². The Bertz CT molecular complexity index is 645. The summed E-state index contributed by atoms with van der Waals surface area (Å²) in [5, 5.41) is 4.27. The second-order valence-electron chi connectivity index (χ2n) is 5.65. The summed E-state index contributed by atoms with van der Waals surface area (Å²) in [5.41, 5.74) is 1.01. The number of amides is 1. The highest BCUT2D eigenvalue weighted by molar-refractivity contribution is 7.16. The molecular weight excluding hydrogens is 284 g/mol. The highest BCUT2D eigenvalue weighted by Gasteiger charge is 2.38. The van der Waals surface area contributed by atoms with Crippen LogP contribution in [0.4, 0.5) is 0 Å². The molecule has 6 heteroatoms. The van der Waals surface area contributed by atoms with Gasteiger partial charge in [-0.1, -0.05) is 0 Å². The molecule has 0 unspecified atom stereocenters. The Morgan fingerprint density at radius 2 is 1.95 bits per heavy atom. The fraction of sp³-hybridized carbons (Fsp3) is 0.400. The van der Waals surface area contributed by atoms with Crippen molar-refractivity contribution >= 4 is 17.2 Å². The number of hydrogen-bond donors (Lipinski definition) is 1. The lowest BCUT2D eigenvalue weighted by molar-refractivity contribution is 0.0786. The zero-order valence-corrected chi connectivity index (χ0v) is 12.3. The van der Waals surface area contributed by atoms with E-state index in [0.29, 0.717) is 11.8 Å². The summed E-state index contributed by atoms with van der Waals surface area (Å²) in [6, 6.07) is 3.83. The third kappa shape index (κ3) is 2.34. The number of nitrogens with zero attached hydrogens (tertiary/aromatic N) is 3. The van der Waals surface area contributed by atoms with Gasteiger partial charge in [0, 0.05) is 44.1 Å². The van der Waals surface area contributed by atoms with Gasteiger partial charge in [0.25, 0.3) is 5.91 Å². The second-order valence-corrected chi connectivity index (χ2v) is 6.68. The first-order valence-electron chi connectivity index (χ1n) is 7.17. The van der Waals surface area contributed by atoms with E-state index in [1.807, 2.05) is 17.0 Å². The molecule has 4 rings (SSSR count). The van der Waals surface area contributed by atoms with Gasteiger partial charge in [-0.15, -0.1) is 11.3 Å². The number of fused-ring (bicyclic) bond motifs is 1. The van der Waals surface area contributed by atoms with E-state index in [1.54, 1.807) is 18.6 Å². The molecule has 2 aliphatic rings. The molecule has 1 N–H and O–H groups in total. The van der Waals surface area contributed by atoms with Gasteiger partial charge in [-0.3, -0.25) is 9.78 Å². The molecule has 0 saturated carbocycles. The van der Waals surface area contributed by atoms with Crippen LogP contribution >= 0.6 is 11.3 Å². The molecule has 108 valence electrons. The number of rotatable bonds is 2. The van der Waals surface area contributed by atoms with Gasteiger partial charge in [0.15, 0.2) is 0 Å². The normalized spacial score (nSPS) is 24.3. The summed E-state index contributed by atoms with van der Waals surface area (Å²) < 4.78 is 0. The Morgan fingerprint density at radius 1 is 1.24 bits per heavy atom. The number of carbonyl (C=O) groups is 1. The number of thiazole rings is 1. The van der Waals surface area contributed by atoms with Gasteiger partial charge in [0.2, 0.25) is 0 Å². The van der Waals surface area contributed by atoms with Gasteiger partial charge in [-0.25, -0.2) is 4.98 Å². The van der Waals surface area contributed by atoms with Crippen LogP contribution in [-0.2, 0) is 0 Å². The van der Waals surface area contributed by atoms with Crippen LogP contribution in [0, 0.1) is 11.8 Å². The smallest absolute Gasteiger partial charge is 0.265 e. The summed E-state index contributed by atoms with van der Waals surface area (Å²) in [4.78, 5) is 23.7. The predicted molar refractivity (Wildman–Crippen MR) is 81.1 cm³/mol. The van der Waals surface area contributed by atoms with Crippen LogP contribution in [0.1, 0.15) is 9.67 Å². The molecule has 2 aromatic heterocycles. The maximum Gasteiger partial charge on any atom is 0.265 e. The minimum atomic E-state index is 0.127. The van der Waals surface area contributed by atoms with E-state index in [4.69, 9.17) is 0 Å². The number of hydrogen-bond acceptors (Lipinski definition) is 5. The van der Waals surface area contributed by atoms with Crippen LogP contribution in [0.25, 0.3) is 10.6 Å². The van der Waals surface area contributed by atoms with Gasteiger partial charge in [-0.2, -0.15) is 0 Å². The molecule has 0 bridgehead atoms. The second kappa shape index (κ2) is 5.20. The monoisotopic (exact) mass is 300 g/mol. The van der Waals surface area contributed by atoms with Crippen molar-refractivity contribution in [1.82, 2.24) is 20.2 Å². The molecule has 0 spiro atoms. The molecule has 0 aromatic carbocycles. The molecule has 5 nitrogen and oxygen atoms in total. The zero-order chi connectivity index (χ0) is 14.2. The molecule has 2 fully saturated rings. The predicted octanol–water partition coefficient (Wildman–Crippen LogP) is 1.50. The van der Waals surface area contributed by atoms with Crippen molar-refractivity contribution in [2.75, 3.05) is 26.2 Å². The van der Waals surface area contributed by atoms with Crippen LogP contribution in [0.3, 0.4) is 0 Å². The fourth-order valence-corrected chi connectivity index (χ4v) is 4.07. The van der Waals surface area contributed by atoms with E-state index in [-0.39, 0.29) is 5.91 Å². The summed E-state index contributed by atoms with van der Waals surface area (Å²) in [6.07, 6.45) is 5.19. The van der Waals surface area contributed by atoms with Gasteiger partial charge < -0.3 is 10.2 Å². The fourth-order valence-electron chi connectivity index (χ4n) is 3.18. The van der Waals surface area contributed by atoms with Crippen LogP contribution < -0.4 is 5.32 Å². The highest BCUT2D eigenvalue weighted by Crippen LogP contribution is 2.30. The summed E-state index contributed by atoms with van der Waals surface area (Å²) in [5.74, 6) is 1.38. The lowest BCUT2D eigenvalue weighted by Gasteiger charge is -2.15. The van der Waals surface area contributed by atoms with Gasteiger partial charge in [0.05, 0.1) is 6.20 Å². The molecule has 0 radical (unpaired) electrons. The molecule has 2 aliphatic heterocycles. The highest BCUT2D eigenvalue weighted by atomic mass is 32.1. The van der Waals surface area contributed by atoms with Crippen molar-refractivity contribution in [3.8, 4) is 10.6 Å². The lowest BCUT2D eigenvalue weighted by Crippen LogP contribution is -2.31. The first kappa shape index (κ1) is 12.9. The summed E-state index contributed by atoms with van der Waals surface area (Å²) >= 11 is 1.46. The quantitative estimate of drug-likeness (QED) is 0.913. The molecule has 21 heavy (non-hydrogen) atoms. The van der Waals surface area contributed by atoms with E-state index in [1.165, 1.54) is 11.3 Å². The average molecular weight is 300 g/mol. The standard InChI is InChI=1S/C15H16N4OS/c20-15(19-8-11-5-17-6-12(11)9-19)13-7-18-14(21-13)10-1-3-16-4-2-10/h1-4,7,11-12,17H,5-6,8-9H2/t11-,12+. The van der Waals surface area contributed by atoms with E-state index < -0.39 is 0 Å². The molecule has 1 amide bonds. The Morgan fingerprint density at radius 3 is 2.67 bits per heavy atom. The van der Waals surface area contributed by atoms with Crippen LogP contribution in [0.2, 0.25) is 0 Å². The zero-order valence-electron chi connectivity index (χ0n) is 11.5. The molecule has 2 saturated heterocycles. The first-order valence-corrected chi connectivity index (χ1v) is 7.99. The lowest BCUT2D eigenvalue weighted by atomic mass is 10.0. The van der Waals surface area contributed by atoms with E-state index >= 15 is 0 Å². The Labute approximate surface area is 127 Å². The number of aromatic nitrogens is 2. The van der Waals surface area contributed by atoms with Crippen LogP contribution in [0.5, 0.6) is 0 Å². The van der Waals surface area contributed by atoms with Crippen molar-refractivity contribution < 1.29 is 4.79 Å². The minimum Gasteiger partial charge on any atom is -0.337 e. The largest absolute Gasteiger partial charge is 0.337 e. The van der Waals surface area contributed by atoms with Crippen molar-refractivity contribution in [2.45, 2.75) is 0 Å². The third-order valence-corrected chi connectivity index (χ3v) is 5.35. The van der Waals surface area contributed by atoms with E-state index in [2.05, 4.69) is 15.3 Å². The first-order chi connectivity index (χ1) is 10.3. The van der Waals surface area contributed by atoms with Gasteiger partial charge in [-0.05, 0) is 24.0 Å². The number of nitrogens with one attached hydrogen (secondary N) is 1. The molecule has 0 aliphatic carbocycles. The van der Waals surface area contributed by atoms with Crippen molar-refractivity contribution in [1.29, 1.82) is 0 Å². The SMILES string of the molecule is O=C(c1cnc(-c2ccncc2)s1)N1C[C@H]2CNC[C@H]2C1. The molecule has 2 aromatic rings. The van der Waals surface area contributed by atoms with Crippen molar-refractivity contribution in [3.63, 3.8) is 0 Å². The number of likely N-dealkylation sites (tertiary alicyclic amines) is 1. The van der Waals surface area contributed by atoms with Crippen LogP contribution in [0.15, 0.2) is 30.7 Å². The Hall–Kier alpha value is -1.79. The minimum absolute atomic E-state index is 0.127. The maximum absolute atomic E-state index is 12.6. The summed E-state index contributed by atoms with van der Waals surface area (Å²) in [6.45, 7) is 3.83. The average Bonchev–Trinajstić information content (AvgIpc) is 3.22. The Kier molecular flexibility index (Phi) is 3.20. The molecule has 2 atom stereocenters. The van der Waals surface area contributed by atoms with Crippen molar-refractivity contribution in [3.05, 3.63) is 35.6 Å². The topological polar surface area (TPSA) is 58.1 Å². The van der Waals surface area contributed by atoms with Gasteiger partial charge in [0.1, 0.15) is 9.88 Å².